The number of piperazine rings is 1. The fourth-order valence-electron chi connectivity index (χ4n) is 3.19. The maximum absolute atomic E-state index is 12.5. The van der Waals surface area contributed by atoms with E-state index in [4.69, 9.17) is 5.84 Å². The van der Waals surface area contributed by atoms with Crippen LogP contribution in [0.25, 0.3) is 0 Å². The maximum atomic E-state index is 12.5. The molecule has 0 atom stereocenters. The molecule has 2 fully saturated rings. The molecule has 2 rings (SSSR count). The Balaban J connectivity index is 1.78. The number of Topliss-reactive ketones (excluding diaryl/α,β-unsaturated/α-hetero) is 1. The Morgan fingerprint density at radius 3 is 2.15 bits per heavy atom. The highest BCUT2D eigenvalue weighted by Crippen LogP contribution is 2.30. The highest BCUT2D eigenvalue weighted by molar-refractivity contribution is 5.84. The number of carbonyl (C=O) groups is 2. The van der Waals surface area contributed by atoms with Crippen molar-refractivity contribution < 1.29 is 9.59 Å². The molecule has 1 heterocycles. The van der Waals surface area contributed by atoms with Gasteiger partial charge in [-0.25, -0.2) is 0 Å². The third-order valence-electron chi connectivity index (χ3n) is 4.62. The van der Waals surface area contributed by atoms with Gasteiger partial charge in [0.25, 0.3) is 0 Å². The normalized spacial score (nSPS) is 28.4. The maximum Gasteiger partial charge on any atom is 0.225 e. The number of nitrogens with two attached hydrogens (primary N) is 1. The van der Waals surface area contributed by atoms with Gasteiger partial charge in [0, 0.05) is 38.0 Å². The first-order chi connectivity index (χ1) is 9.61. The number of hydrogen-bond donors (Lipinski definition) is 2. The number of nitrogens with one attached hydrogen (secondary N) is 1. The van der Waals surface area contributed by atoms with Crippen molar-refractivity contribution in [3.05, 3.63) is 0 Å². The van der Waals surface area contributed by atoms with Crippen LogP contribution < -0.4 is 11.3 Å². The summed E-state index contributed by atoms with van der Waals surface area (Å²) in [5, 5.41) is 0. The van der Waals surface area contributed by atoms with Crippen molar-refractivity contribution in [3.8, 4) is 0 Å². The lowest BCUT2D eigenvalue weighted by atomic mass is 9.79. The number of carbonyl (C=O) groups excluding carboxylic acids is 2. The molecule has 3 N–H and O–H groups in total. The molecule has 6 nitrogen and oxygen atoms in total. The van der Waals surface area contributed by atoms with Crippen LogP contribution in [0.5, 0.6) is 0 Å². The Hall–Kier alpha value is -0.980. The summed E-state index contributed by atoms with van der Waals surface area (Å²) >= 11 is 0. The number of likely N-dealkylation sites (N-methyl/N-ethyl adjacent to an activating group) is 1. The molecule has 0 aromatic rings. The molecule has 6 heteroatoms. The van der Waals surface area contributed by atoms with E-state index in [1.165, 1.54) is 0 Å². The van der Waals surface area contributed by atoms with Gasteiger partial charge in [0.05, 0.1) is 6.54 Å². The molecular weight excluding hydrogens is 256 g/mol. The van der Waals surface area contributed by atoms with Gasteiger partial charge in [0.2, 0.25) is 5.91 Å². The predicted octanol–water partition coefficient (Wildman–Crippen LogP) is -0.401. The molecular formula is C14H26N4O2. The van der Waals surface area contributed by atoms with Crippen LogP contribution in [0.15, 0.2) is 0 Å². The Kier molecular flexibility index (Phi) is 5.51. The molecule has 0 aromatic carbocycles. The monoisotopic (exact) mass is 282 g/mol. The van der Waals surface area contributed by atoms with Gasteiger partial charge in [-0.1, -0.05) is 0 Å². The molecule has 0 bridgehead atoms. The van der Waals surface area contributed by atoms with E-state index in [1.54, 1.807) is 0 Å². The quantitative estimate of drug-likeness (QED) is 0.542. The van der Waals surface area contributed by atoms with Crippen molar-refractivity contribution >= 4 is 11.7 Å². The molecule has 0 unspecified atom stereocenters. The average Bonchev–Trinajstić information content (AvgIpc) is 2.48. The molecule has 1 aliphatic heterocycles. The van der Waals surface area contributed by atoms with Crippen LogP contribution in [-0.4, -0.2) is 61.3 Å². The first-order valence-electron chi connectivity index (χ1n) is 7.55. The minimum atomic E-state index is 0.0857. The Morgan fingerprint density at radius 2 is 1.60 bits per heavy atom. The fourth-order valence-corrected chi connectivity index (χ4v) is 3.19. The lowest BCUT2D eigenvalue weighted by Crippen LogP contribution is -2.49. The summed E-state index contributed by atoms with van der Waals surface area (Å²) in [5.41, 5.74) is 2.43. The van der Waals surface area contributed by atoms with E-state index in [0.29, 0.717) is 5.91 Å². The first-order valence-corrected chi connectivity index (χ1v) is 7.55. The van der Waals surface area contributed by atoms with E-state index >= 15 is 0 Å². The van der Waals surface area contributed by atoms with Crippen molar-refractivity contribution in [2.24, 2.45) is 17.7 Å². The predicted molar refractivity (Wildman–Crippen MR) is 76.7 cm³/mol. The molecule has 114 valence electrons. The number of hydrazine groups is 1. The average molecular weight is 282 g/mol. The van der Waals surface area contributed by atoms with Gasteiger partial charge in [0.15, 0.2) is 5.78 Å². The van der Waals surface area contributed by atoms with Crippen LogP contribution in [0.1, 0.15) is 25.7 Å². The van der Waals surface area contributed by atoms with Gasteiger partial charge >= 0.3 is 0 Å². The van der Waals surface area contributed by atoms with E-state index in [2.05, 4.69) is 17.4 Å². The van der Waals surface area contributed by atoms with Gasteiger partial charge < -0.3 is 9.80 Å². The summed E-state index contributed by atoms with van der Waals surface area (Å²) in [6, 6.07) is 0. The van der Waals surface area contributed by atoms with Crippen LogP contribution in [0.4, 0.5) is 0 Å². The fraction of sp³-hybridized carbons (Fsp3) is 0.857. The second kappa shape index (κ2) is 7.15. The number of nitrogens with zero attached hydrogens (tertiary/aromatic N) is 2. The summed E-state index contributed by atoms with van der Waals surface area (Å²) in [6.45, 7) is 3.84. The smallest absolute Gasteiger partial charge is 0.225 e. The Bertz CT molecular complexity index is 345. The number of amides is 1. The third kappa shape index (κ3) is 3.77. The SMILES string of the molecule is CN1CCN(C(=O)C2CCC(C(=O)CNN)CC2)CC1. The third-order valence-corrected chi connectivity index (χ3v) is 4.62. The summed E-state index contributed by atoms with van der Waals surface area (Å²) in [7, 11) is 2.09. The second-order valence-corrected chi connectivity index (χ2v) is 6.02. The van der Waals surface area contributed by atoms with Crippen molar-refractivity contribution in [1.29, 1.82) is 0 Å². The standard InChI is InChI=1S/C14H26N4O2/c1-17-6-8-18(9-7-17)14(20)12-4-2-11(3-5-12)13(19)10-16-15/h11-12,16H,2-10,15H2,1H3. The van der Waals surface area contributed by atoms with Gasteiger partial charge in [-0.3, -0.25) is 20.9 Å². The van der Waals surface area contributed by atoms with Crippen molar-refractivity contribution in [2.45, 2.75) is 25.7 Å². The number of hydrogen-bond acceptors (Lipinski definition) is 5. The molecule has 1 saturated carbocycles. The van der Waals surface area contributed by atoms with E-state index in [9.17, 15) is 9.59 Å². The second-order valence-electron chi connectivity index (χ2n) is 6.02. The van der Waals surface area contributed by atoms with Gasteiger partial charge in [-0.15, -0.1) is 0 Å². The van der Waals surface area contributed by atoms with E-state index < -0.39 is 0 Å². The van der Waals surface area contributed by atoms with Crippen LogP contribution in [0.2, 0.25) is 0 Å². The molecule has 0 aromatic heterocycles. The molecule has 1 amide bonds. The van der Waals surface area contributed by atoms with Crippen molar-refractivity contribution in [3.63, 3.8) is 0 Å². The first kappa shape index (κ1) is 15.4. The zero-order chi connectivity index (χ0) is 14.5. The minimum absolute atomic E-state index is 0.0857. The molecule has 20 heavy (non-hydrogen) atoms. The van der Waals surface area contributed by atoms with E-state index in [1.807, 2.05) is 4.90 Å². The van der Waals surface area contributed by atoms with Crippen LogP contribution in [0, 0.1) is 11.8 Å². The van der Waals surface area contributed by atoms with Gasteiger partial charge in [-0.2, -0.15) is 0 Å². The molecule has 1 saturated heterocycles. The van der Waals surface area contributed by atoms with E-state index in [0.717, 1.165) is 51.9 Å². The summed E-state index contributed by atoms with van der Waals surface area (Å²) in [4.78, 5) is 28.5. The largest absolute Gasteiger partial charge is 0.340 e. The molecule has 1 aliphatic carbocycles. The molecule has 2 aliphatic rings. The highest BCUT2D eigenvalue weighted by atomic mass is 16.2. The zero-order valence-electron chi connectivity index (χ0n) is 12.3. The Morgan fingerprint density at radius 1 is 1.05 bits per heavy atom. The minimum Gasteiger partial charge on any atom is -0.340 e. The lowest BCUT2D eigenvalue weighted by molar-refractivity contribution is -0.139. The number of rotatable bonds is 4. The summed E-state index contributed by atoms with van der Waals surface area (Å²) < 4.78 is 0. The van der Waals surface area contributed by atoms with Crippen molar-refractivity contribution in [2.75, 3.05) is 39.8 Å². The molecule has 0 spiro atoms. The lowest BCUT2D eigenvalue weighted by Gasteiger charge is -2.36. The summed E-state index contributed by atoms with van der Waals surface area (Å²) in [6.07, 6.45) is 3.33. The van der Waals surface area contributed by atoms with Crippen LogP contribution >= 0.6 is 0 Å². The van der Waals surface area contributed by atoms with Crippen LogP contribution in [0.3, 0.4) is 0 Å². The van der Waals surface area contributed by atoms with Crippen LogP contribution in [-0.2, 0) is 9.59 Å². The van der Waals surface area contributed by atoms with E-state index in [-0.39, 0.29) is 24.2 Å². The topological polar surface area (TPSA) is 78.7 Å². The zero-order valence-corrected chi connectivity index (χ0v) is 12.3. The number of ketones is 1. The molecule has 0 radical (unpaired) electrons. The van der Waals surface area contributed by atoms with Crippen molar-refractivity contribution in [1.82, 2.24) is 15.2 Å². The highest BCUT2D eigenvalue weighted by Gasteiger charge is 2.32. The Labute approximate surface area is 120 Å². The summed E-state index contributed by atoms with van der Waals surface area (Å²) in [5.74, 6) is 5.86. The van der Waals surface area contributed by atoms with Gasteiger partial charge in [-0.05, 0) is 32.7 Å². The van der Waals surface area contributed by atoms with Gasteiger partial charge in [0.1, 0.15) is 0 Å².